The molecule has 0 spiro atoms. The van der Waals surface area contributed by atoms with Crippen LogP contribution in [0.5, 0.6) is 0 Å². The molecule has 0 saturated heterocycles. The van der Waals surface area contributed by atoms with E-state index in [0.29, 0.717) is 24.5 Å². The van der Waals surface area contributed by atoms with Crippen LogP contribution in [0, 0.1) is 0 Å². The van der Waals surface area contributed by atoms with Crippen molar-refractivity contribution >= 4 is 44.1 Å². The third-order valence-corrected chi connectivity index (χ3v) is 8.89. The van der Waals surface area contributed by atoms with Gasteiger partial charge in [-0.2, -0.15) is 4.31 Å². The lowest BCUT2D eigenvalue weighted by molar-refractivity contribution is -0.129. The minimum Gasteiger partial charge on any atom is -0.365 e. The van der Waals surface area contributed by atoms with E-state index in [2.05, 4.69) is 5.32 Å². The number of hydrogen-bond donors (Lipinski definition) is 2. The molecule has 0 bridgehead atoms. The van der Waals surface area contributed by atoms with Gasteiger partial charge in [-0.15, -0.1) is 11.3 Å². The third-order valence-electron chi connectivity index (χ3n) is 5.83. The molecule has 3 N–H and O–H groups in total. The molecule has 1 aliphatic carbocycles. The van der Waals surface area contributed by atoms with Gasteiger partial charge in [-0.25, -0.2) is 8.42 Å². The molecule has 11 heteroatoms. The summed E-state index contributed by atoms with van der Waals surface area (Å²) in [5.41, 5.74) is 6.87. The van der Waals surface area contributed by atoms with E-state index in [1.54, 1.807) is 11.9 Å². The van der Waals surface area contributed by atoms with Crippen LogP contribution in [0.1, 0.15) is 50.9 Å². The highest BCUT2D eigenvalue weighted by molar-refractivity contribution is 7.89. The second-order valence-electron chi connectivity index (χ2n) is 7.99. The topological polar surface area (TPSA) is 130 Å². The number of nitrogens with one attached hydrogen (secondary N) is 1. The van der Waals surface area contributed by atoms with Gasteiger partial charge < -0.3 is 16.0 Å². The number of fused-ring (bicyclic) bond motifs is 1. The Kier molecular flexibility index (Phi) is 5.82. The molecule has 9 nitrogen and oxygen atoms in total. The van der Waals surface area contributed by atoms with E-state index in [1.807, 2.05) is 0 Å². The number of carbonyl (C=O) groups excluding carboxylic acids is 3. The zero-order valence-corrected chi connectivity index (χ0v) is 19.4. The van der Waals surface area contributed by atoms with Crippen LogP contribution < -0.4 is 11.1 Å². The smallest absolute Gasteiger partial charge is 0.256 e. The summed E-state index contributed by atoms with van der Waals surface area (Å²) in [5.74, 6) is -1.18. The van der Waals surface area contributed by atoms with Gasteiger partial charge in [0.1, 0.15) is 5.00 Å². The Morgan fingerprint density at radius 2 is 1.84 bits per heavy atom. The molecular formula is C21H24N4O5S2. The summed E-state index contributed by atoms with van der Waals surface area (Å²) in [6.07, 6.45) is 2.20. The molecule has 0 radical (unpaired) electrons. The SMILES string of the molecule is CC(=O)N1CCc2c(sc(NC(=O)c3ccc(S(=O)(=O)N(C)C4CC4)cc3)c2C(N)=O)C1. The van der Waals surface area contributed by atoms with Gasteiger partial charge in [-0.3, -0.25) is 14.4 Å². The van der Waals surface area contributed by atoms with Crippen molar-refractivity contribution in [2.24, 2.45) is 5.73 Å². The molecular weight excluding hydrogens is 452 g/mol. The summed E-state index contributed by atoms with van der Waals surface area (Å²) in [4.78, 5) is 39.2. The van der Waals surface area contributed by atoms with E-state index in [1.165, 1.54) is 46.8 Å². The highest BCUT2D eigenvalue weighted by Crippen LogP contribution is 2.37. The molecule has 3 amide bonds. The molecule has 0 unspecified atom stereocenters. The molecule has 1 aromatic carbocycles. The third kappa shape index (κ3) is 4.15. The van der Waals surface area contributed by atoms with E-state index >= 15 is 0 Å². The molecule has 32 heavy (non-hydrogen) atoms. The van der Waals surface area contributed by atoms with E-state index in [0.717, 1.165) is 23.3 Å². The van der Waals surface area contributed by atoms with Crippen LogP contribution in [-0.2, 0) is 27.8 Å². The predicted octanol–water partition coefficient (Wildman–Crippen LogP) is 1.79. The minimum atomic E-state index is -3.60. The number of primary amides is 1. The van der Waals surface area contributed by atoms with Crippen molar-refractivity contribution in [2.75, 3.05) is 18.9 Å². The summed E-state index contributed by atoms with van der Waals surface area (Å²) in [6, 6.07) is 5.74. The van der Waals surface area contributed by atoms with E-state index < -0.39 is 21.8 Å². The number of rotatable bonds is 6. The molecule has 2 heterocycles. The van der Waals surface area contributed by atoms with Gasteiger partial charge in [0.2, 0.25) is 15.9 Å². The van der Waals surface area contributed by atoms with Crippen LogP contribution in [0.4, 0.5) is 5.00 Å². The van der Waals surface area contributed by atoms with Crippen molar-refractivity contribution in [2.45, 2.75) is 43.7 Å². The first-order chi connectivity index (χ1) is 15.1. The van der Waals surface area contributed by atoms with Crippen LogP contribution in [0.2, 0.25) is 0 Å². The number of amides is 3. The molecule has 170 valence electrons. The van der Waals surface area contributed by atoms with Gasteiger partial charge in [0, 0.05) is 37.0 Å². The normalized spacial score (nSPS) is 16.0. The highest BCUT2D eigenvalue weighted by atomic mass is 32.2. The lowest BCUT2D eigenvalue weighted by Gasteiger charge is -2.25. The quantitative estimate of drug-likeness (QED) is 0.656. The molecule has 2 aromatic rings. The highest BCUT2D eigenvalue weighted by Gasteiger charge is 2.35. The maximum Gasteiger partial charge on any atom is 0.256 e. The fourth-order valence-electron chi connectivity index (χ4n) is 3.78. The molecule has 1 aromatic heterocycles. The number of sulfonamides is 1. The van der Waals surface area contributed by atoms with Gasteiger partial charge in [0.15, 0.2) is 0 Å². The number of carbonyl (C=O) groups is 3. The Morgan fingerprint density at radius 3 is 2.41 bits per heavy atom. The van der Waals surface area contributed by atoms with Gasteiger partial charge in [0.25, 0.3) is 11.8 Å². The first kappa shape index (κ1) is 22.4. The van der Waals surface area contributed by atoms with Gasteiger partial charge in [-0.05, 0) is 49.1 Å². The van der Waals surface area contributed by atoms with Crippen molar-refractivity contribution in [3.63, 3.8) is 0 Å². The lowest BCUT2D eigenvalue weighted by Crippen LogP contribution is -2.34. The first-order valence-corrected chi connectivity index (χ1v) is 12.4. The number of thiophene rings is 1. The number of benzene rings is 1. The van der Waals surface area contributed by atoms with Crippen LogP contribution in [0.15, 0.2) is 29.2 Å². The largest absolute Gasteiger partial charge is 0.365 e. The van der Waals surface area contributed by atoms with Crippen molar-refractivity contribution in [3.8, 4) is 0 Å². The summed E-state index contributed by atoms with van der Waals surface area (Å²) < 4.78 is 26.6. The molecule has 1 saturated carbocycles. The lowest BCUT2D eigenvalue weighted by atomic mass is 10.0. The van der Waals surface area contributed by atoms with Crippen molar-refractivity contribution in [1.29, 1.82) is 0 Å². The Balaban J connectivity index is 1.55. The zero-order chi connectivity index (χ0) is 23.2. The monoisotopic (exact) mass is 476 g/mol. The van der Waals surface area contributed by atoms with Gasteiger partial charge in [0.05, 0.1) is 17.0 Å². The summed E-state index contributed by atoms with van der Waals surface area (Å²) in [5, 5.41) is 3.07. The van der Waals surface area contributed by atoms with Crippen molar-refractivity contribution in [3.05, 3.63) is 45.8 Å². The maximum atomic E-state index is 12.8. The van der Waals surface area contributed by atoms with E-state index in [9.17, 15) is 22.8 Å². The van der Waals surface area contributed by atoms with Crippen LogP contribution in [-0.4, -0.2) is 55.0 Å². The Hall–Kier alpha value is -2.76. The standard InChI is InChI=1S/C21H24N4O5S2/c1-12(26)25-10-9-16-17(11-25)31-21(18(16)19(22)27)23-20(28)13-3-7-15(8-4-13)32(29,30)24(2)14-5-6-14/h3-4,7-8,14H,5-6,9-11H2,1-2H3,(H2,22,27)(H,23,28). The van der Waals surface area contributed by atoms with Gasteiger partial charge in [-0.1, -0.05) is 0 Å². The Bertz CT molecular complexity index is 1200. The van der Waals surface area contributed by atoms with E-state index in [-0.39, 0.29) is 28.0 Å². The number of nitrogens with zero attached hydrogens (tertiary/aromatic N) is 2. The summed E-state index contributed by atoms with van der Waals surface area (Å²) in [7, 11) is -2.04. The number of hydrogen-bond acceptors (Lipinski definition) is 6. The molecule has 2 aliphatic rings. The fraction of sp³-hybridized carbons (Fsp3) is 0.381. The maximum absolute atomic E-state index is 12.8. The fourth-order valence-corrected chi connectivity index (χ4v) is 6.45. The molecule has 4 rings (SSSR count). The van der Waals surface area contributed by atoms with Crippen molar-refractivity contribution < 1.29 is 22.8 Å². The van der Waals surface area contributed by atoms with Gasteiger partial charge >= 0.3 is 0 Å². The summed E-state index contributed by atoms with van der Waals surface area (Å²) in [6.45, 7) is 2.34. The van der Waals surface area contributed by atoms with Crippen LogP contribution in [0.3, 0.4) is 0 Å². The number of anilines is 1. The molecule has 0 atom stereocenters. The van der Waals surface area contributed by atoms with Crippen LogP contribution >= 0.6 is 11.3 Å². The van der Waals surface area contributed by atoms with Crippen LogP contribution in [0.25, 0.3) is 0 Å². The van der Waals surface area contributed by atoms with E-state index in [4.69, 9.17) is 5.73 Å². The minimum absolute atomic E-state index is 0.0407. The second-order valence-corrected chi connectivity index (χ2v) is 11.1. The molecule has 1 fully saturated rings. The second kappa shape index (κ2) is 8.30. The Morgan fingerprint density at radius 1 is 1.19 bits per heavy atom. The average molecular weight is 477 g/mol. The summed E-state index contributed by atoms with van der Waals surface area (Å²) >= 11 is 1.23. The van der Waals surface area contributed by atoms with Crippen molar-refractivity contribution in [1.82, 2.24) is 9.21 Å². The first-order valence-electron chi connectivity index (χ1n) is 10.2. The molecule has 1 aliphatic heterocycles. The number of nitrogens with two attached hydrogens (primary N) is 1. The average Bonchev–Trinajstić information content (AvgIpc) is 3.53. The Labute approximate surface area is 190 Å². The zero-order valence-electron chi connectivity index (χ0n) is 17.8. The predicted molar refractivity (Wildman–Crippen MR) is 120 cm³/mol.